The monoisotopic (exact) mass is 397 g/mol. The zero-order chi connectivity index (χ0) is 20.0. The Morgan fingerprint density at radius 1 is 1.19 bits per heavy atom. The largest absolute Gasteiger partial charge is 0.494 e. The average Bonchev–Trinajstić information content (AvgIpc) is 2.66. The van der Waals surface area contributed by atoms with Crippen LogP contribution < -0.4 is 10.5 Å². The molecule has 1 heterocycles. The number of carbonyl (C=O) groups is 2. The lowest BCUT2D eigenvalue weighted by Crippen LogP contribution is -2.47. The zero-order valence-electron chi connectivity index (χ0n) is 15.8. The Balaban J connectivity index is 2.04. The van der Waals surface area contributed by atoms with E-state index in [4.69, 9.17) is 10.5 Å². The van der Waals surface area contributed by atoms with Crippen LogP contribution in [0.1, 0.15) is 26.7 Å². The third-order valence-electron chi connectivity index (χ3n) is 4.69. The van der Waals surface area contributed by atoms with Crippen LogP contribution >= 0.6 is 0 Å². The molecule has 0 unspecified atom stereocenters. The summed E-state index contributed by atoms with van der Waals surface area (Å²) in [7, 11) is -3.78. The maximum absolute atomic E-state index is 12.8. The fourth-order valence-corrected chi connectivity index (χ4v) is 4.45. The van der Waals surface area contributed by atoms with Crippen LogP contribution in [-0.4, -0.2) is 62.2 Å². The summed E-state index contributed by atoms with van der Waals surface area (Å²) >= 11 is 0. The lowest BCUT2D eigenvalue weighted by Gasteiger charge is -2.32. The number of rotatable bonds is 8. The van der Waals surface area contributed by atoms with Gasteiger partial charge in [-0.15, -0.1) is 0 Å². The number of hydrogen-bond acceptors (Lipinski definition) is 5. The standard InChI is InChI=1S/C18H27N3O5S/c1-3-21(13-17(22)20-11-9-14(10-12-20)18(19)23)27(24,25)16-7-5-15(6-8-16)26-4-2/h5-8,14H,3-4,9-13H2,1-2H3,(H2,19,23). The summed E-state index contributed by atoms with van der Waals surface area (Å²) in [6, 6.07) is 6.15. The van der Waals surface area contributed by atoms with Gasteiger partial charge in [0.25, 0.3) is 0 Å². The number of nitrogens with two attached hydrogens (primary N) is 1. The minimum atomic E-state index is -3.78. The third kappa shape index (κ3) is 5.20. The number of ether oxygens (including phenoxy) is 1. The molecule has 2 amide bonds. The van der Waals surface area contributed by atoms with E-state index >= 15 is 0 Å². The van der Waals surface area contributed by atoms with E-state index in [0.29, 0.717) is 38.3 Å². The number of piperidine rings is 1. The number of likely N-dealkylation sites (tertiary alicyclic amines) is 1. The van der Waals surface area contributed by atoms with Crippen molar-refractivity contribution in [2.75, 3.05) is 32.8 Å². The van der Waals surface area contributed by atoms with Gasteiger partial charge in [-0.1, -0.05) is 6.92 Å². The molecule has 27 heavy (non-hydrogen) atoms. The predicted molar refractivity (Wildman–Crippen MR) is 101 cm³/mol. The van der Waals surface area contributed by atoms with Crippen molar-refractivity contribution in [2.24, 2.45) is 11.7 Å². The molecule has 0 bridgehead atoms. The smallest absolute Gasteiger partial charge is 0.243 e. The molecule has 1 fully saturated rings. The Labute approximate surface area is 160 Å². The van der Waals surface area contributed by atoms with Crippen molar-refractivity contribution < 1.29 is 22.7 Å². The van der Waals surface area contributed by atoms with Crippen molar-refractivity contribution in [1.82, 2.24) is 9.21 Å². The number of primary amides is 1. The summed E-state index contributed by atoms with van der Waals surface area (Å²) < 4.78 is 32.2. The molecule has 0 aromatic heterocycles. The Morgan fingerprint density at radius 2 is 1.78 bits per heavy atom. The summed E-state index contributed by atoms with van der Waals surface area (Å²) in [5, 5.41) is 0. The molecule has 0 atom stereocenters. The first kappa shape index (κ1) is 21.2. The van der Waals surface area contributed by atoms with Crippen molar-refractivity contribution >= 4 is 21.8 Å². The quantitative estimate of drug-likeness (QED) is 0.698. The van der Waals surface area contributed by atoms with Gasteiger partial charge in [-0.3, -0.25) is 9.59 Å². The van der Waals surface area contributed by atoms with E-state index in [1.54, 1.807) is 24.0 Å². The molecule has 2 N–H and O–H groups in total. The van der Waals surface area contributed by atoms with Gasteiger partial charge >= 0.3 is 0 Å². The Hall–Kier alpha value is -2.13. The van der Waals surface area contributed by atoms with Gasteiger partial charge < -0.3 is 15.4 Å². The number of likely N-dealkylation sites (N-methyl/N-ethyl adjacent to an activating group) is 1. The van der Waals surface area contributed by atoms with E-state index in [-0.39, 0.29) is 35.7 Å². The zero-order valence-corrected chi connectivity index (χ0v) is 16.6. The molecule has 0 spiro atoms. The molecule has 0 radical (unpaired) electrons. The van der Waals surface area contributed by atoms with Gasteiger partial charge in [-0.2, -0.15) is 4.31 Å². The van der Waals surface area contributed by atoms with Crippen molar-refractivity contribution in [2.45, 2.75) is 31.6 Å². The summed E-state index contributed by atoms with van der Waals surface area (Å²) in [6.45, 7) is 4.81. The van der Waals surface area contributed by atoms with Crippen LogP contribution in [0.4, 0.5) is 0 Å². The predicted octanol–water partition coefficient (Wildman–Crippen LogP) is 0.820. The fraction of sp³-hybridized carbons (Fsp3) is 0.556. The maximum atomic E-state index is 12.8. The first-order chi connectivity index (χ1) is 12.8. The molecule has 1 aromatic carbocycles. The van der Waals surface area contributed by atoms with Gasteiger partial charge in [-0.25, -0.2) is 8.42 Å². The Kier molecular flexibility index (Phi) is 7.20. The van der Waals surface area contributed by atoms with Crippen molar-refractivity contribution in [3.05, 3.63) is 24.3 Å². The van der Waals surface area contributed by atoms with Gasteiger partial charge in [0.15, 0.2) is 0 Å². The Morgan fingerprint density at radius 3 is 2.26 bits per heavy atom. The second kappa shape index (κ2) is 9.18. The molecule has 0 saturated carbocycles. The van der Waals surface area contributed by atoms with Crippen LogP contribution in [0.2, 0.25) is 0 Å². The van der Waals surface area contributed by atoms with Gasteiger partial charge in [0, 0.05) is 25.6 Å². The minimum Gasteiger partial charge on any atom is -0.494 e. The van der Waals surface area contributed by atoms with E-state index in [0.717, 1.165) is 4.31 Å². The summed E-state index contributed by atoms with van der Waals surface area (Å²) in [5.74, 6) is -0.249. The van der Waals surface area contributed by atoms with Crippen LogP contribution in [0.15, 0.2) is 29.2 Å². The number of sulfonamides is 1. The van der Waals surface area contributed by atoms with E-state index in [1.165, 1.54) is 12.1 Å². The number of carbonyl (C=O) groups excluding carboxylic acids is 2. The minimum absolute atomic E-state index is 0.119. The molecule has 1 saturated heterocycles. The topological polar surface area (TPSA) is 110 Å². The van der Waals surface area contributed by atoms with Gasteiger partial charge in [0.1, 0.15) is 5.75 Å². The highest BCUT2D eigenvalue weighted by Crippen LogP contribution is 2.21. The second-order valence-corrected chi connectivity index (χ2v) is 8.33. The van der Waals surface area contributed by atoms with Gasteiger partial charge in [0.05, 0.1) is 18.0 Å². The normalized spacial score (nSPS) is 15.7. The molecule has 2 rings (SSSR count). The number of nitrogens with zero attached hydrogens (tertiary/aromatic N) is 2. The number of benzene rings is 1. The third-order valence-corrected chi connectivity index (χ3v) is 6.62. The van der Waals surface area contributed by atoms with Crippen molar-refractivity contribution in [3.8, 4) is 5.75 Å². The van der Waals surface area contributed by atoms with Crippen molar-refractivity contribution in [1.29, 1.82) is 0 Å². The molecular weight excluding hydrogens is 370 g/mol. The SMILES string of the molecule is CCOc1ccc(S(=O)(=O)N(CC)CC(=O)N2CCC(C(N)=O)CC2)cc1. The molecule has 150 valence electrons. The van der Waals surface area contributed by atoms with Crippen LogP contribution in [-0.2, 0) is 19.6 Å². The summed E-state index contributed by atoms with van der Waals surface area (Å²) in [6.07, 6.45) is 1.03. The Bertz CT molecular complexity index is 756. The molecule has 8 nitrogen and oxygen atoms in total. The lowest BCUT2D eigenvalue weighted by atomic mass is 9.96. The summed E-state index contributed by atoms with van der Waals surface area (Å²) in [4.78, 5) is 25.5. The first-order valence-electron chi connectivity index (χ1n) is 9.09. The maximum Gasteiger partial charge on any atom is 0.243 e. The molecule has 0 aliphatic carbocycles. The fourth-order valence-electron chi connectivity index (χ4n) is 3.05. The number of hydrogen-bond donors (Lipinski definition) is 1. The van der Waals surface area contributed by atoms with E-state index in [9.17, 15) is 18.0 Å². The average molecular weight is 397 g/mol. The summed E-state index contributed by atoms with van der Waals surface area (Å²) in [5.41, 5.74) is 5.30. The lowest BCUT2D eigenvalue weighted by molar-refractivity contribution is -0.135. The van der Waals surface area contributed by atoms with Crippen molar-refractivity contribution in [3.63, 3.8) is 0 Å². The van der Waals surface area contributed by atoms with Gasteiger partial charge in [0.2, 0.25) is 21.8 Å². The molecule has 1 aliphatic heterocycles. The highest BCUT2D eigenvalue weighted by atomic mass is 32.2. The van der Waals surface area contributed by atoms with Crippen LogP contribution in [0, 0.1) is 5.92 Å². The highest BCUT2D eigenvalue weighted by Gasteiger charge is 2.30. The first-order valence-corrected chi connectivity index (χ1v) is 10.5. The highest BCUT2D eigenvalue weighted by molar-refractivity contribution is 7.89. The van der Waals surface area contributed by atoms with Crippen LogP contribution in [0.25, 0.3) is 0 Å². The van der Waals surface area contributed by atoms with Crippen LogP contribution in [0.3, 0.4) is 0 Å². The van der Waals surface area contributed by atoms with E-state index in [1.807, 2.05) is 6.92 Å². The van der Waals surface area contributed by atoms with Crippen LogP contribution in [0.5, 0.6) is 5.75 Å². The molecule has 1 aromatic rings. The molecule has 1 aliphatic rings. The van der Waals surface area contributed by atoms with E-state index in [2.05, 4.69) is 0 Å². The molecule has 9 heteroatoms. The van der Waals surface area contributed by atoms with E-state index < -0.39 is 10.0 Å². The number of amides is 2. The van der Waals surface area contributed by atoms with Gasteiger partial charge in [-0.05, 0) is 44.0 Å². The second-order valence-electron chi connectivity index (χ2n) is 6.39. The molecular formula is C18H27N3O5S.